The highest BCUT2D eigenvalue weighted by atomic mass is 16.5. The molecule has 4 nitrogen and oxygen atoms in total. The van der Waals surface area contributed by atoms with E-state index in [-0.39, 0.29) is 17.8 Å². The van der Waals surface area contributed by atoms with Gasteiger partial charge in [-0.1, -0.05) is 93.6 Å². The minimum Gasteiger partial charge on any atom is -0.454 e. The number of ketones is 1. The third-order valence-electron chi connectivity index (χ3n) is 7.34. The number of fused-ring (bicyclic) bond motifs is 2. The van der Waals surface area contributed by atoms with Gasteiger partial charge in [0, 0.05) is 16.6 Å². The van der Waals surface area contributed by atoms with Crippen molar-refractivity contribution in [2.75, 3.05) is 6.61 Å². The van der Waals surface area contributed by atoms with Crippen LogP contribution in [0.1, 0.15) is 59.2 Å². The maximum absolute atomic E-state index is 13.5. The number of esters is 1. The Kier molecular flexibility index (Phi) is 6.44. The zero-order chi connectivity index (χ0) is 25.3. The molecule has 4 heteroatoms. The van der Waals surface area contributed by atoms with Crippen molar-refractivity contribution in [2.45, 2.75) is 40.0 Å². The van der Waals surface area contributed by atoms with Gasteiger partial charge in [-0.25, -0.2) is 4.79 Å². The number of ether oxygens (including phenoxy) is 1. The van der Waals surface area contributed by atoms with Crippen molar-refractivity contribution in [3.05, 3.63) is 101 Å². The van der Waals surface area contributed by atoms with Gasteiger partial charge in [0.05, 0.1) is 11.1 Å². The monoisotopic (exact) mass is 477 g/mol. The summed E-state index contributed by atoms with van der Waals surface area (Å²) in [6, 6.07) is 25.1. The summed E-state index contributed by atoms with van der Waals surface area (Å²) in [6.45, 7) is 6.45. The van der Waals surface area contributed by atoms with Crippen molar-refractivity contribution >= 4 is 22.7 Å². The number of carbonyl (C=O) groups excluding carboxylic acids is 2. The van der Waals surface area contributed by atoms with E-state index in [0.29, 0.717) is 17.0 Å². The first-order valence-corrected chi connectivity index (χ1v) is 12.6. The number of aromatic nitrogens is 1. The van der Waals surface area contributed by atoms with Gasteiger partial charge < -0.3 is 4.74 Å². The summed E-state index contributed by atoms with van der Waals surface area (Å²) < 4.78 is 5.64. The van der Waals surface area contributed by atoms with Gasteiger partial charge in [-0.2, -0.15) is 0 Å². The van der Waals surface area contributed by atoms with Gasteiger partial charge in [0.25, 0.3) is 0 Å². The molecule has 0 bridgehead atoms. The van der Waals surface area contributed by atoms with Crippen LogP contribution >= 0.6 is 0 Å². The van der Waals surface area contributed by atoms with Crippen LogP contribution in [0, 0.1) is 11.3 Å². The maximum atomic E-state index is 13.5. The van der Waals surface area contributed by atoms with Gasteiger partial charge in [0.15, 0.2) is 12.4 Å². The minimum absolute atomic E-state index is 0.131. The zero-order valence-corrected chi connectivity index (χ0v) is 21.1. The van der Waals surface area contributed by atoms with Crippen molar-refractivity contribution in [1.29, 1.82) is 0 Å². The van der Waals surface area contributed by atoms with Crippen molar-refractivity contribution in [3.8, 4) is 11.1 Å². The van der Waals surface area contributed by atoms with Gasteiger partial charge in [0.1, 0.15) is 0 Å². The van der Waals surface area contributed by atoms with Crippen LogP contribution in [0.5, 0.6) is 0 Å². The first kappa shape index (κ1) is 23.9. The molecule has 0 spiro atoms. The predicted octanol–water partition coefficient (Wildman–Crippen LogP) is 7.09. The van der Waals surface area contributed by atoms with Crippen LogP contribution in [0.2, 0.25) is 0 Å². The van der Waals surface area contributed by atoms with E-state index < -0.39 is 5.97 Å². The van der Waals surface area contributed by atoms with Gasteiger partial charge in [-0.3, -0.25) is 9.78 Å². The molecule has 182 valence electrons. The summed E-state index contributed by atoms with van der Waals surface area (Å²) in [5.74, 6) is -0.222. The predicted molar refractivity (Wildman–Crippen MR) is 143 cm³/mol. The number of carbonyl (C=O) groups is 2. The Balaban J connectivity index is 1.38. The molecule has 36 heavy (non-hydrogen) atoms. The molecular formula is C32H31NO3. The Morgan fingerprint density at radius 2 is 1.56 bits per heavy atom. The van der Waals surface area contributed by atoms with E-state index in [1.54, 1.807) is 12.1 Å². The number of hydrogen-bond donors (Lipinski definition) is 0. The molecule has 1 heterocycles. The molecule has 1 aliphatic rings. The Labute approximate surface area is 212 Å². The summed E-state index contributed by atoms with van der Waals surface area (Å²) >= 11 is 0. The molecule has 5 rings (SSSR count). The summed E-state index contributed by atoms with van der Waals surface area (Å²) in [6.07, 6.45) is 2.68. The van der Waals surface area contributed by atoms with Gasteiger partial charge in [-0.15, -0.1) is 0 Å². The van der Waals surface area contributed by atoms with Crippen molar-refractivity contribution in [1.82, 2.24) is 4.98 Å². The van der Waals surface area contributed by atoms with Gasteiger partial charge in [-0.05, 0) is 53.4 Å². The van der Waals surface area contributed by atoms with Crippen LogP contribution in [0.25, 0.3) is 22.0 Å². The Morgan fingerprint density at radius 1 is 0.889 bits per heavy atom. The quantitative estimate of drug-likeness (QED) is 0.227. The molecule has 3 aromatic carbocycles. The Hall–Kier alpha value is -3.79. The number of para-hydroxylation sites is 1. The highest BCUT2D eigenvalue weighted by Crippen LogP contribution is 2.39. The molecule has 1 aliphatic carbocycles. The van der Waals surface area contributed by atoms with E-state index in [9.17, 15) is 9.59 Å². The third-order valence-corrected chi connectivity index (χ3v) is 7.34. The van der Waals surface area contributed by atoms with E-state index in [0.717, 1.165) is 52.5 Å². The number of Topliss-reactive ketones (excluding diaryl/α,β-unsaturated/α-hetero) is 1. The standard InChI is InChI=1S/C32H31NO3/c1-32(2,3)24-17-18-28-26(19-24)30(25-11-7-8-12-27(25)33-28)31(35)36-20-29(34)23-15-13-22(14-16-23)21-9-5-4-6-10-21/h4-16,24H,17-20H2,1-3H3. The van der Waals surface area contributed by atoms with Crippen LogP contribution in [0.3, 0.4) is 0 Å². The number of pyridine rings is 1. The zero-order valence-electron chi connectivity index (χ0n) is 21.1. The van der Waals surface area contributed by atoms with Crippen LogP contribution in [0.15, 0.2) is 78.9 Å². The molecule has 0 radical (unpaired) electrons. The second-order valence-electron chi connectivity index (χ2n) is 10.7. The normalized spacial score (nSPS) is 15.4. The molecule has 4 aromatic rings. The summed E-state index contributed by atoms with van der Waals surface area (Å²) in [5.41, 5.74) is 6.09. The SMILES string of the molecule is CC(C)(C)C1CCc2nc3ccccc3c(C(=O)OCC(=O)c3ccc(-c4ccccc4)cc3)c2C1. The Morgan fingerprint density at radius 3 is 2.28 bits per heavy atom. The van der Waals surface area contributed by atoms with E-state index >= 15 is 0 Å². The number of aryl methyl sites for hydroxylation is 1. The van der Waals surface area contributed by atoms with Gasteiger partial charge >= 0.3 is 5.97 Å². The third kappa shape index (κ3) is 4.81. The van der Waals surface area contributed by atoms with Crippen molar-refractivity contribution in [2.24, 2.45) is 11.3 Å². The number of hydrogen-bond acceptors (Lipinski definition) is 4. The van der Waals surface area contributed by atoms with E-state index in [4.69, 9.17) is 9.72 Å². The number of rotatable bonds is 5. The highest BCUT2D eigenvalue weighted by Gasteiger charge is 2.33. The summed E-state index contributed by atoms with van der Waals surface area (Å²) in [4.78, 5) is 31.2. The first-order chi connectivity index (χ1) is 17.3. The van der Waals surface area contributed by atoms with Crippen LogP contribution in [-0.4, -0.2) is 23.3 Å². The van der Waals surface area contributed by atoms with E-state index in [1.807, 2.05) is 66.7 Å². The number of benzene rings is 3. The fourth-order valence-corrected chi connectivity index (χ4v) is 5.13. The first-order valence-electron chi connectivity index (χ1n) is 12.6. The van der Waals surface area contributed by atoms with Gasteiger partial charge in [0.2, 0.25) is 0 Å². The summed E-state index contributed by atoms with van der Waals surface area (Å²) in [5, 5.41) is 0.787. The van der Waals surface area contributed by atoms with Crippen LogP contribution in [0.4, 0.5) is 0 Å². The molecule has 0 amide bonds. The smallest absolute Gasteiger partial charge is 0.339 e. The fourth-order valence-electron chi connectivity index (χ4n) is 5.13. The number of nitrogens with zero attached hydrogens (tertiary/aromatic N) is 1. The van der Waals surface area contributed by atoms with E-state index in [1.165, 1.54) is 0 Å². The summed E-state index contributed by atoms with van der Waals surface area (Å²) in [7, 11) is 0. The second kappa shape index (κ2) is 9.69. The fraction of sp³-hybridized carbons (Fsp3) is 0.281. The van der Waals surface area contributed by atoms with E-state index in [2.05, 4.69) is 20.8 Å². The molecule has 0 fully saturated rings. The highest BCUT2D eigenvalue weighted by molar-refractivity contribution is 6.06. The average molecular weight is 478 g/mol. The largest absolute Gasteiger partial charge is 0.454 e. The second-order valence-corrected chi connectivity index (χ2v) is 10.7. The molecule has 0 saturated heterocycles. The molecule has 1 unspecified atom stereocenters. The van der Waals surface area contributed by atoms with Crippen LogP contribution < -0.4 is 0 Å². The Bertz CT molecular complexity index is 1420. The molecule has 1 aromatic heterocycles. The molecule has 0 N–H and O–H groups in total. The lowest BCUT2D eigenvalue weighted by atomic mass is 9.70. The lowest BCUT2D eigenvalue weighted by Gasteiger charge is -2.35. The maximum Gasteiger partial charge on any atom is 0.339 e. The molecule has 0 saturated carbocycles. The molecule has 0 aliphatic heterocycles. The average Bonchev–Trinajstić information content (AvgIpc) is 2.90. The minimum atomic E-state index is -0.450. The van der Waals surface area contributed by atoms with Crippen molar-refractivity contribution in [3.63, 3.8) is 0 Å². The molecule has 1 atom stereocenters. The van der Waals surface area contributed by atoms with Crippen LogP contribution in [-0.2, 0) is 17.6 Å². The lowest BCUT2D eigenvalue weighted by molar-refractivity contribution is 0.0474. The lowest BCUT2D eigenvalue weighted by Crippen LogP contribution is -2.29. The molecular weight excluding hydrogens is 446 g/mol. The topological polar surface area (TPSA) is 56.3 Å². The van der Waals surface area contributed by atoms with Crippen molar-refractivity contribution < 1.29 is 14.3 Å².